The normalized spacial score (nSPS) is 17.5. The van der Waals surface area contributed by atoms with E-state index in [-0.39, 0.29) is 11.8 Å². The number of anilines is 1. The third kappa shape index (κ3) is 3.41. The van der Waals surface area contributed by atoms with Crippen LogP contribution in [0.2, 0.25) is 0 Å². The Morgan fingerprint density at radius 1 is 1.42 bits per heavy atom. The lowest BCUT2D eigenvalue weighted by Crippen LogP contribution is -2.65. The molecule has 2 rings (SSSR count). The van der Waals surface area contributed by atoms with Crippen molar-refractivity contribution >= 4 is 21.8 Å². The number of sulfonamides is 1. The molecule has 2 heterocycles. The van der Waals surface area contributed by atoms with Crippen LogP contribution in [-0.4, -0.2) is 56.3 Å². The molecule has 1 amide bonds. The number of hydrogen-bond donors (Lipinski definition) is 1. The zero-order chi connectivity index (χ0) is 14.0. The number of piperazine rings is 1. The Hall–Kier alpha value is -1.68. The zero-order valence-electron chi connectivity index (χ0n) is 10.7. The molecule has 0 radical (unpaired) electrons. The summed E-state index contributed by atoms with van der Waals surface area (Å²) in [5.41, 5.74) is 0. The molecule has 0 unspecified atom stereocenters. The second-order valence-corrected chi connectivity index (χ2v) is 6.27. The first-order chi connectivity index (χ1) is 8.86. The first-order valence-corrected chi connectivity index (χ1v) is 7.58. The Labute approximate surface area is 110 Å². The summed E-state index contributed by atoms with van der Waals surface area (Å²) in [5.74, 6) is 0.00300. The molecule has 1 fully saturated rings. The Bertz CT molecular complexity index is 561. The lowest BCUT2D eigenvalue weighted by Gasteiger charge is -2.27. The van der Waals surface area contributed by atoms with Crippen molar-refractivity contribution in [2.45, 2.75) is 6.92 Å². The summed E-state index contributed by atoms with van der Waals surface area (Å²) in [7, 11) is -3.15. The van der Waals surface area contributed by atoms with Gasteiger partial charge in [0.1, 0.15) is 0 Å². The number of hydrogen-bond acceptors (Lipinski definition) is 6. The molecule has 0 aromatic carbocycles. The van der Waals surface area contributed by atoms with Crippen molar-refractivity contribution in [1.29, 1.82) is 0 Å². The van der Waals surface area contributed by atoms with Gasteiger partial charge >= 0.3 is 5.88 Å². The van der Waals surface area contributed by atoms with Gasteiger partial charge in [-0.3, -0.25) is 14.6 Å². The summed E-state index contributed by atoms with van der Waals surface area (Å²) in [6.45, 7) is 3.17. The summed E-state index contributed by atoms with van der Waals surface area (Å²) < 4.78 is 29.1. The molecular formula is C9H16N5O4S+. The van der Waals surface area contributed by atoms with E-state index >= 15 is 0 Å². The SMILES string of the molecule is CC(=O)Nc1c[n+](N2CCN(S(C)(=O)=O)CC2)no1. The highest BCUT2D eigenvalue weighted by Gasteiger charge is 2.29. The standard InChI is InChI=1S/C9H15N5O4S/c1-8(15)10-9-7-14(11-18-9)12-3-5-13(6-4-12)19(2,16)17/h7H,3-6H2,1-2H3/p+1. The van der Waals surface area contributed by atoms with Crippen molar-refractivity contribution < 1.29 is 22.5 Å². The molecule has 1 aliphatic rings. The molecule has 1 saturated heterocycles. The third-order valence-electron chi connectivity index (χ3n) is 2.73. The Morgan fingerprint density at radius 3 is 2.58 bits per heavy atom. The highest BCUT2D eigenvalue weighted by molar-refractivity contribution is 7.88. The van der Waals surface area contributed by atoms with E-state index in [0.717, 1.165) is 0 Å². The van der Waals surface area contributed by atoms with Gasteiger partial charge in [0.15, 0.2) is 0 Å². The maximum atomic E-state index is 11.4. The Kier molecular flexibility index (Phi) is 3.71. The number of aromatic nitrogens is 2. The van der Waals surface area contributed by atoms with Gasteiger partial charge < -0.3 is 0 Å². The molecule has 1 aliphatic heterocycles. The van der Waals surface area contributed by atoms with E-state index in [9.17, 15) is 13.2 Å². The number of carbonyl (C=O) groups excluding carboxylic acids is 1. The van der Waals surface area contributed by atoms with E-state index in [0.29, 0.717) is 26.2 Å². The molecule has 0 atom stereocenters. The van der Waals surface area contributed by atoms with Gasteiger partial charge in [0.25, 0.3) is 6.20 Å². The molecule has 10 heteroatoms. The predicted octanol–water partition coefficient (Wildman–Crippen LogP) is -1.87. The smallest absolute Gasteiger partial charge is 0.289 e. The minimum Gasteiger partial charge on any atom is -0.289 e. The van der Waals surface area contributed by atoms with Crippen LogP contribution in [-0.2, 0) is 14.8 Å². The van der Waals surface area contributed by atoms with Crippen LogP contribution >= 0.6 is 0 Å². The fourth-order valence-electron chi connectivity index (χ4n) is 1.81. The molecule has 9 nitrogen and oxygen atoms in total. The van der Waals surface area contributed by atoms with Crippen molar-refractivity contribution in [2.24, 2.45) is 0 Å². The van der Waals surface area contributed by atoms with E-state index in [1.807, 2.05) is 5.01 Å². The minimum atomic E-state index is -3.15. The van der Waals surface area contributed by atoms with Crippen molar-refractivity contribution in [3.05, 3.63) is 6.20 Å². The van der Waals surface area contributed by atoms with Crippen molar-refractivity contribution in [3.8, 4) is 0 Å². The monoisotopic (exact) mass is 290 g/mol. The molecule has 0 aliphatic carbocycles. The highest BCUT2D eigenvalue weighted by Crippen LogP contribution is 2.04. The molecule has 1 N–H and O–H groups in total. The Balaban J connectivity index is 1.98. The maximum absolute atomic E-state index is 11.4. The first-order valence-electron chi connectivity index (χ1n) is 5.73. The highest BCUT2D eigenvalue weighted by atomic mass is 32.2. The van der Waals surface area contributed by atoms with Crippen LogP contribution in [0.4, 0.5) is 5.88 Å². The molecule has 106 valence electrons. The minimum absolute atomic E-state index is 0.245. The number of rotatable bonds is 3. The van der Waals surface area contributed by atoms with Gasteiger partial charge in [-0.15, -0.1) is 0 Å². The van der Waals surface area contributed by atoms with Crippen LogP contribution < -0.4 is 15.1 Å². The van der Waals surface area contributed by atoms with Gasteiger partial charge in [0.05, 0.1) is 24.1 Å². The molecule has 0 saturated carbocycles. The number of amides is 1. The van der Waals surface area contributed by atoms with Crippen LogP contribution in [0.3, 0.4) is 0 Å². The zero-order valence-corrected chi connectivity index (χ0v) is 11.6. The number of nitrogens with one attached hydrogen (secondary N) is 1. The van der Waals surface area contributed by atoms with E-state index in [1.54, 1.807) is 0 Å². The summed E-state index contributed by atoms with van der Waals surface area (Å²) >= 11 is 0. The van der Waals surface area contributed by atoms with Gasteiger partial charge in [-0.05, 0) is 0 Å². The average Bonchev–Trinajstić information content (AvgIpc) is 2.75. The largest absolute Gasteiger partial charge is 0.305 e. The lowest BCUT2D eigenvalue weighted by molar-refractivity contribution is -0.759. The Morgan fingerprint density at radius 2 is 2.05 bits per heavy atom. The van der Waals surface area contributed by atoms with E-state index in [1.165, 1.54) is 28.5 Å². The second kappa shape index (κ2) is 5.13. The third-order valence-corrected chi connectivity index (χ3v) is 4.03. The molecular weight excluding hydrogens is 274 g/mol. The predicted molar refractivity (Wildman–Crippen MR) is 65.4 cm³/mol. The summed E-state index contributed by atoms with van der Waals surface area (Å²) in [6, 6.07) is 0. The first kappa shape index (κ1) is 13.7. The van der Waals surface area contributed by atoms with E-state index in [4.69, 9.17) is 4.52 Å². The maximum Gasteiger partial charge on any atom is 0.305 e. The number of nitrogens with zero attached hydrogens (tertiary/aromatic N) is 4. The quantitative estimate of drug-likeness (QED) is 0.655. The average molecular weight is 290 g/mol. The topological polar surface area (TPSA) is 99.6 Å². The van der Waals surface area contributed by atoms with Crippen LogP contribution in [0.15, 0.2) is 10.7 Å². The van der Waals surface area contributed by atoms with Gasteiger partial charge in [-0.1, -0.05) is 0 Å². The van der Waals surface area contributed by atoms with Gasteiger partial charge in [-0.2, -0.15) is 9.31 Å². The van der Waals surface area contributed by atoms with Crippen molar-refractivity contribution in [3.63, 3.8) is 0 Å². The second-order valence-electron chi connectivity index (χ2n) is 4.28. The molecule has 1 aromatic heterocycles. The summed E-state index contributed by atoms with van der Waals surface area (Å²) in [4.78, 5) is 12.3. The van der Waals surface area contributed by atoms with Crippen LogP contribution in [0.25, 0.3) is 0 Å². The molecule has 0 spiro atoms. The summed E-state index contributed by atoms with van der Waals surface area (Å²) in [5, 5.41) is 8.07. The lowest BCUT2D eigenvalue weighted by atomic mass is 10.4. The fraction of sp³-hybridized carbons (Fsp3) is 0.667. The van der Waals surface area contributed by atoms with E-state index in [2.05, 4.69) is 10.6 Å². The van der Waals surface area contributed by atoms with Gasteiger partial charge in [0.2, 0.25) is 21.2 Å². The van der Waals surface area contributed by atoms with Crippen molar-refractivity contribution in [1.82, 2.24) is 9.58 Å². The van der Waals surface area contributed by atoms with Gasteiger partial charge in [-0.25, -0.2) is 8.42 Å². The fourth-order valence-corrected chi connectivity index (χ4v) is 2.64. The van der Waals surface area contributed by atoms with Crippen LogP contribution in [0.5, 0.6) is 0 Å². The molecule has 1 aromatic rings. The molecule has 0 bridgehead atoms. The van der Waals surface area contributed by atoms with E-state index < -0.39 is 10.0 Å². The molecule has 19 heavy (non-hydrogen) atoms. The number of carbonyl (C=O) groups is 1. The van der Waals surface area contributed by atoms with Crippen molar-refractivity contribution in [2.75, 3.05) is 42.8 Å². The summed E-state index contributed by atoms with van der Waals surface area (Å²) in [6.07, 6.45) is 2.73. The van der Waals surface area contributed by atoms with Crippen LogP contribution in [0, 0.1) is 0 Å². The van der Waals surface area contributed by atoms with Crippen LogP contribution in [0.1, 0.15) is 6.92 Å². The van der Waals surface area contributed by atoms with Gasteiger partial charge in [0, 0.05) is 20.0 Å².